The zero-order valence-corrected chi connectivity index (χ0v) is 9.07. The molecule has 0 saturated heterocycles. The monoisotopic (exact) mass is 195 g/mol. The summed E-state index contributed by atoms with van der Waals surface area (Å²) in [6.07, 6.45) is 10.3. The maximum Gasteiger partial charge on any atom is 0.0925 e. The van der Waals surface area contributed by atoms with Crippen molar-refractivity contribution in [3.8, 4) is 0 Å². The third kappa shape index (κ3) is 2.11. The van der Waals surface area contributed by atoms with Crippen LogP contribution in [0.2, 0.25) is 0 Å². The number of hydrogen-bond acceptors (Lipinski definition) is 2. The molecule has 1 aliphatic carbocycles. The summed E-state index contributed by atoms with van der Waals surface area (Å²) >= 11 is 1.93. The van der Waals surface area contributed by atoms with E-state index in [0.717, 1.165) is 12.3 Å². The van der Waals surface area contributed by atoms with E-state index in [4.69, 9.17) is 0 Å². The lowest BCUT2D eigenvalue weighted by Crippen LogP contribution is -2.02. The van der Waals surface area contributed by atoms with Crippen LogP contribution < -0.4 is 0 Å². The van der Waals surface area contributed by atoms with Crippen LogP contribution in [0.15, 0.2) is 6.20 Å². The zero-order chi connectivity index (χ0) is 9.10. The minimum Gasteiger partial charge on any atom is -0.249 e. The molecule has 0 atom stereocenters. The minimum atomic E-state index is 0.839. The fraction of sp³-hybridized carbons (Fsp3) is 0.727. The minimum absolute atomic E-state index is 0.839. The van der Waals surface area contributed by atoms with E-state index in [0.29, 0.717) is 0 Å². The van der Waals surface area contributed by atoms with Gasteiger partial charge in [0.1, 0.15) is 0 Å². The molecule has 0 amide bonds. The van der Waals surface area contributed by atoms with Gasteiger partial charge < -0.3 is 0 Å². The van der Waals surface area contributed by atoms with E-state index in [1.54, 1.807) is 0 Å². The van der Waals surface area contributed by atoms with E-state index < -0.39 is 0 Å². The fourth-order valence-electron chi connectivity index (χ4n) is 2.06. The number of nitrogens with zero attached hydrogens (tertiary/aromatic N) is 1. The number of rotatable bonds is 2. The first-order chi connectivity index (χ1) is 6.40. The van der Waals surface area contributed by atoms with Crippen molar-refractivity contribution in [2.45, 2.75) is 51.4 Å². The highest BCUT2D eigenvalue weighted by Crippen LogP contribution is 2.35. The van der Waals surface area contributed by atoms with E-state index in [-0.39, 0.29) is 0 Å². The fourth-order valence-corrected chi connectivity index (χ4v) is 3.09. The quantitative estimate of drug-likeness (QED) is 0.700. The van der Waals surface area contributed by atoms with E-state index in [1.165, 1.54) is 42.0 Å². The second-order valence-electron chi connectivity index (χ2n) is 3.84. The summed E-state index contributed by atoms with van der Waals surface area (Å²) in [7, 11) is 0. The molecule has 72 valence electrons. The zero-order valence-electron chi connectivity index (χ0n) is 8.25. The van der Waals surface area contributed by atoms with Gasteiger partial charge in [0.15, 0.2) is 0 Å². The summed E-state index contributed by atoms with van der Waals surface area (Å²) in [4.78, 5) is 5.97. The molecule has 1 nitrogen and oxygen atoms in total. The van der Waals surface area contributed by atoms with E-state index in [1.807, 2.05) is 11.3 Å². The van der Waals surface area contributed by atoms with Gasteiger partial charge in [0.2, 0.25) is 0 Å². The van der Waals surface area contributed by atoms with Crippen molar-refractivity contribution in [3.63, 3.8) is 0 Å². The summed E-state index contributed by atoms with van der Waals surface area (Å²) in [5.74, 6) is 0.839. The third-order valence-corrected chi connectivity index (χ3v) is 4.19. The standard InChI is InChI=1S/C11H17NS/c1-2-11-12-8-10(13-11)9-6-4-3-5-7-9/h8-9H,2-7H2,1H3. The Morgan fingerprint density at radius 2 is 2.15 bits per heavy atom. The SMILES string of the molecule is CCc1ncc(C2CCCCC2)s1. The molecule has 0 spiro atoms. The van der Waals surface area contributed by atoms with Gasteiger partial charge in [0.05, 0.1) is 5.01 Å². The van der Waals surface area contributed by atoms with Crippen molar-refractivity contribution in [2.24, 2.45) is 0 Å². The van der Waals surface area contributed by atoms with Crippen LogP contribution in [0, 0.1) is 0 Å². The largest absolute Gasteiger partial charge is 0.249 e. The second kappa shape index (κ2) is 4.23. The van der Waals surface area contributed by atoms with Crippen molar-refractivity contribution in [3.05, 3.63) is 16.1 Å². The summed E-state index contributed by atoms with van der Waals surface area (Å²) in [6.45, 7) is 2.18. The van der Waals surface area contributed by atoms with Crippen LogP contribution in [0.4, 0.5) is 0 Å². The normalized spacial score (nSPS) is 19.2. The molecule has 1 saturated carbocycles. The molecule has 13 heavy (non-hydrogen) atoms. The number of aromatic nitrogens is 1. The first kappa shape index (κ1) is 9.20. The van der Waals surface area contributed by atoms with Gasteiger partial charge in [-0.25, -0.2) is 4.98 Å². The Labute approximate surface area is 84.2 Å². The summed E-state index contributed by atoms with van der Waals surface area (Å²) in [5.41, 5.74) is 0. The van der Waals surface area contributed by atoms with Gasteiger partial charge in [0.25, 0.3) is 0 Å². The lowest BCUT2D eigenvalue weighted by Gasteiger charge is -2.19. The summed E-state index contributed by atoms with van der Waals surface area (Å²) in [5, 5.41) is 1.31. The van der Waals surface area contributed by atoms with E-state index in [2.05, 4.69) is 18.1 Å². The van der Waals surface area contributed by atoms with Gasteiger partial charge in [-0.1, -0.05) is 26.2 Å². The molecular weight excluding hydrogens is 178 g/mol. The Morgan fingerprint density at radius 1 is 1.38 bits per heavy atom. The van der Waals surface area contributed by atoms with Crippen molar-refractivity contribution >= 4 is 11.3 Å². The average molecular weight is 195 g/mol. The first-order valence-electron chi connectivity index (χ1n) is 5.34. The molecule has 0 aliphatic heterocycles. The van der Waals surface area contributed by atoms with E-state index >= 15 is 0 Å². The van der Waals surface area contributed by atoms with Gasteiger partial charge >= 0.3 is 0 Å². The predicted molar refractivity (Wildman–Crippen MR) is 57.3 cm³/mol. The topological polar surface area (TPSA) is 12.9 Å². The molecule has 1 aromatic heterocycles. The number of hydrogen-bond donors (Lipinski definition) is 0. The molecular formula is C11H17NS. The number of thiazole rings is 1. The van der Waals surface area contributed by atoms with Crippen molar-refractivity contribution in [1.29, 1.82) is 0 Å². The van der Waals surface area contributed by atoms with Crippen LogP contribution >= 0.6 is 11.3 Å². The molecule has 0 unspecified atom stereocenters. The predicted octanol–water partition coefficient (Wildman–Crippen LogP) is 3.75. The van der Waals surface area contributed by atoms with Crippen LogP contribution in [0.1, 0.15) is 54.8 Å². The van der Waals surface area contributed by atoms with E-state index in [9.17, 15) is 0 Å². The summed E-state index contributed by atoms with van der Waals surface area (Å²) in [6, 6.07) is 0. The molecule has 1 aromatic rings. The third-order valence-electron chi connectivity index (χ3n) is 2.88. The highest BCUT2D eigenvalue weighted by molar-refractivity contribution is 7.11. The smallest absolute Gasteiger partial charge is 0.0925 e. The molecule has 2 rings (SSSR count). The maximum absolute atomic E-state index is 4.43. The van der Waals surface area contributed by atoms with Gasteiger partial charge in [-0.3, -0.25) is 0 Å². The van der Waals surface area contributed by atoms with Gasteiger partial charge in [-0.15, -0.1) is 11.3 Å². The Morgan fingerprint density at radius 3 is 2.77 bits per heavy atom. The lowest BCUT2D eigenvalue weighted by atomic mass is 9.89. The maximum atomic E-state index is 4.43. The van der Waals surface area contributed by atoms with Gasteiger partial charge in [-0.05, 0) is 25.2 Å². The Hall–Kier alpha value is -0.370. The second-order valence-corrected chi connectivity index (χ2v) is 4.99. The van der Waals surface area contributed by atoms with Crippen LogP contribution in [-0.4, -0.2) is 4.98 Å². The van der Waals surface area contributed by atoms with Crippen LogP contribution in [0.25, 0.3) is 0 Å². The summed E-state index contributed by atoms with van der Waals surface area (Å²) < 4.78 is 0. The highest BCUT2D eigenvalue weighted by Gasteiger charge is 2.17. The van der Waals surface area contributed by atoms with Crippen LogP contribution in [0.5, 0.6) is 0 Å². The van der Waals surface area contributed by atoms with Crippen molar-refractivity contribution < 1.29 is 0 Å². The first-order valence-corrected chi connectivity index (χ1v) is 6.16. The molecule has 0 radical (unpaired) electrons. The number of aryl methyl sites for hydroxylation is 1. The molecule has 1 heterocycles. The van der Waals surface area contributed by atoms with Crippen molar-refractivity contribution in [1.82, 2.24) is 4.98 Å². The molecule has 0 bridgehead atoms. The van der Waals surface area contributed by atoms with Gasteiger partial charge in [-0.2, -0.15) is 0 Å². The van der Waals surface area contributed by atoms with Crippen molar-refractivity contribution in [2.75, 3.05) is 0 Å². The average Bonchev–Trinajstić information content (AvgIpc) is 2.67. The molecule has 1 fully saturated rings. The molecule has 0 N–H and O–H groups in total. The molecule has 1 aliphatic rings. The molecule has 0 aromatic carbocycles. The Balaban J connectivity index is 2.05. The van der Waals surface area contributed by atoms with Crippen LogP contribution in [0.3, 0.4) is 0 Å². The van der Waals surface area contributed by atoms with Crippen LogP contribution in [-0.2, 0) is 6.42 Å². The molecule has 2 heteroatoms. The Kier molecular flexibility index (Phi) is 2.99. The highest BCUT2D eigenvalue weighted by atomic mass is 32.1. The Bertz CT molecular complexity index is 261. The lowest BCUT2D eigenvalue weighted by molar-refractivity contribution is 0.448. The van der Waals surface area contributed by atoms with Gasteiger partial charge in [0, 0.05) is 11.1 Å².